The Morgan fingerprint density at radius 3 is 2.38 bits per heavy atom. The molecule has 0 aromatic heterocycles. The van der Waals surface area contributed by atoms with Crippen molar-refractivity contribution in [2.75, 3.05) is 6.61 Å². The Hall–Kier alpha value is -1.76. The van der Waals surface area contributed by atoms with Gasteiger partial charge in [-0.05, 0) is 29.7 Å². The van der Waals surface area contributed by atoms with E-state index in [0.29, 0.717) is 0 Å². The van der Waals surface area contributed by atoms with Gasteiger partial charge in [0.05, 0.1) is 6.61 Å². The van der Waals surface area contributed by atoms with E-state index in [-0.39, 0.29) is 0 Å². The second-order valence-electron chi connectivity index (χ2n) is 3.74. The molecule has 0 aliphatic carbocycles. The van der Waals surface area contributed by atoms with Crippen LogP contribution in [0.3, 0.4) is 0 Å². The standard InChI is InChI=1S/C15H16O/c1-2-11-16-15-10-6-9-14(12-15)13-7-4-3-5-8-13/h3-10,12H,2,11H2,1H3. The van der Waals surface area contributed by atoms with Crippen molar-refractivity contribution in [2.45, 2.75) is 13.3 Å². The van der Waals surface area contributed by atoms with Gasteiger partial charge in [0.15, 0.2) is 0 Å². The van der Waals surface area contributed by atoms with Crippen molar-refractivity contribution in [3.63, 3.8) is 0 Å². The topological polar surface area (TPSA) is 9.23 Å². The normalized spacial score (nSPS) is 10.1. The summed E-state index contributed by atoms with van der Waals surface area (Å²) >= 11 is 0. The molecule has 0 saturated heterocycles. The zero-order chi connectivity index (χ0) is 11.2. The molecule has 0 aliphatic rings. The molecule has 0 amide bonds. The highest BCUT2D eigenvalue weighted by Crippen LogP contribution is 2.23. The average molecular weight is 212 g/mol. The Labute approximate surface area is 96.7 Å². The van der Waals surface area contributed by atoms with Crippen molar-refractivity contribution in [3.8, 4) is 16.9 Å². The van der Waals surface area contributed by atoms with Gasteiger partial charge in [-0.15, -0.1) is 0 Å². The quantitative estimate of drug-likeness (QED) is 0.740. The highest BCUT2D eigenvalue weighted by molar-refractivity contribution is 5.64. The Bertz CT molecular complexity index is 434. The van der Waals surface area contributed by atoms with E-state index >= 15 is 0 Å². The summed E-state index contributed by atoms with van der Waals surface area (Å²) in [7, 11) is 0. The van der Waals surface area contributed by atoms with Gasteiger partial charge in [-0.2, -0.15) is 0 Å². The van der Waals surface area contributed by atoms with Crippen LogP contribution in [-0.2, 0) is 0 Å². The Kier molecular flexibility index (Phi) is 3.60. The summed E-state index contributed by atoms with van der Waals surface area (Å²) < 4.78 is 5.62. The molecular weight excluding hydrogens is 196 g/mol. The molecule has 0 unspecified atom stereocenters. The summed E-state index contributed by atoms with van der Waals surface area (Å²) in [4.78, 5) is 0. The monoisotopic (exact) mass is 212 g/mol. The van der Waals surface area contributed by atoms with E-state index < -0.39 is 0 Å². The van der Waals surface area contributed by atoms with Crippen molar-refractivity contribution in [1.82, 2.24) is 0 Å². The number of hydrogen-bond acceptors (Lipinski definition) is 1. The van der Waals surface area contributed by atoms with Crippen molar-refractivity contribution in [3.05, 3.63) is 54.6 Å². The molecule has 0 aliphatic heterocycles. The van der Waals surface area contributed by atoms with Gasteiger partial charge in [0, 0.05) is 0 Å². The summed E-state index contributed by atoms with van der Waals surface area (Å²) in [5.74, 6) is 0.947. The van der Waals surface area contributed by atoms with Crippen molar-refractivity contribution in [1.29, 1.82) is 0 Å². The Balaban J connectivity index is 2.22. The molecule has 0 spiro atoms. The predicted octanol–water partition coefficient (Wildman–Crippen LogP) is 4.14. The van der Waals surface area contributed by atoms with Crippen LogP contribution >= 0.6 is 0 Å². The summed E-state index contributed by atoms with van der Waals surface area (Å²) in [6.07, 6.45) is 1.04. The molecule has 2 rings (SSSR count). The molecular formula is C15H16O. The minimum absolute atomic E-state index is 0.776. The Morgan fingerprint density at radius 2 is 1.62 bits per heavy atom. The maximum Gasteiger partial charge on any atom is 0.119 e. The third-order valence-corrected chi connectivity index (χ3v) is 2.41. The van der Waals surface area contributed by atoms with Gasteiger partial charge in [-0.1, -0.05) is 49.4 Å². The largest absolute Gasteiger partial charge is 0.494 e. The third kappa shape index (κ3) is 2.63. The van der Waals surface area contributed by atoms with Gasteiger partial charge in [0.25, 0.3) is 0 Å². The summed E-state index contributed by atoms with van der Waals surface area (Å²) in [5, 5.41) is 0. The number of hydrogen-bond donors (Lipinski definition) is 0. The molecule has 16 heavy (non-hydrogen) atoms. The number of benzene rings is 2. The SMILES string of the molecule is CCCOc1cccc(-c2ccccc2)c1. The van der Waals surface area contributed by atoms with Gasteiger partial charge in [0.1, 0.15) is 5.75 Å². The first kappa shape index (κ1) is 10.7. The van der Waals surface area contributed by atoms with Crippen LogP contribution in [0.5, 0.6) is 5.75 Å². The van der Waals surface area contributed by atoms with E-state index in [1.807, 2.05) is 18.2 Å². The summed E-state index contributed by atoms with van der Waals surface area (Å²) in [5.41, 5.74) is 2.43. The van der Waals surface area contributed by atoms with E-state index in [9.17, 15) is 0 Å². The lowest BCUT2D eigenvalue weighted by atomic mass is 10.1. The molecule has 1 nitrogen and oxygen atoms in total. The average Bonchev–Trinajstić information content (AvgIpc) is 2.38. The highest BCUT2D eigenvalue weighted by atomic mass is 16.5. The lowest BCUT2D eigenvalue weighted by molar-refractivity contribution is 0.317. The van der Waals surface area contributed by atoms with E-state index in [0.717, 1.165) is 18.8 Å². The van der Waals surface area contributed by atoms with Gasteiger partial charge in [-0.3, -0.25) is 0 Å². The molecule has 82 valence electrons. The van der Waals surface area contributed by atoms with E-state index in [1.54, 1.807) is 0 Å². The molecule has 0 saturated carbocycles. The van der Waals surface area contributed by atoms with Crippen LogP contribution in [0.2, 0.25) is 0 Å². The van der Waals surface area contributed by atoms with Crippen molar-refractivity contribution < 1.29 is 4.74 Å². The molecule has 0 heterocycles. The summed E-state index contributed by atoms with van der Waals surface area (Å²) in [6, 6.07) is 18.6. The van der Waals surface area contributed by atoms with Gasteiger partial charge in [0.2, 0.25) is 0 Å². The van der Waals surface area contributed by atoms with Crippen LogP contribution in [0.1, 0.15) is 13.3 Å². The number of ether oxygens (including phenoxy) is 1. The van der Waals surface area contributed by atoms with Crippen molar-refractivity contribution in [2.24, 2.45) is 0 Å². The molecule has 1 heteroatoms. The van der Waals surface area contributed by atoms with Crippen LogP contribution in [0, 0.1) is 0 Å². The molecule has 2 aromatic rings. The first-order valence-corrected chi connectivity index (χ1v) is 5.68. The van der Waals surface area contributed by atoms with Crippen LogP contribution < -0.4 is 4.74 Å². The van der Waals surface area contributed by atoms with Crippen LogP contribution in [0.15, 0.2) is 54.6 Å². The smallest absolute Gasteiger partial charge is 0.119 e. The minimum atomic E-state index is 0.776. The van der Waals surface area contributed by atoms with Crippen LogP contribution in [0.4, 0.5) is 0 Å². The lowest BCUT2D eigenvalue weighted by Gasteiger charge is -2.07. The molecule has 0 bridgehead atoms. The van der Waals surface area contributed by atoms with E-state index in [2.05, 4.69) is 43.3 Å². The second kappa shape index (κ2) is 5.36. The third-order valence-electron chi connectivity index (χ3n) is 2.41. The molecule has 0 atom stereocenters. The molecule has 0 fully saturated rings. The van der Waals surface area contributed by atoms with Crippen LogP contribution in [0.25, 0.3) is 11.1 Å². The fourth-order valence-corrected chi connectivity index (χ4v) is 1.62. The molecule has 2 aromatic carbocycles. The fraction of sp³-hybridized carbons (Fsp3) is 0.200. The molecule has 0 radical (unpaired) electrons. The zero-order valence-corrected chi connectivity index (χ0v) is 9.52. The maximum absolute atomic E-state index is 5.62. The van der Waals surface area contributed by atoms with Gasteiger partial charge in [-0.25, -0.2) is 0 Å². The lowest BCUT2D eigenvalue weighted by Crippen LogP contribution is -1.94. The second-order valence-corrected chi connectivity index (χ2v) is 3.74. The highest BCUT2D eigenvalue weighted by Gasteiger charge is 1.98. The fourth-order valence-electron chi connectivity index (χ4n) is 1.62. The Morgan fingerprint density at radius 1 is 0.875 bits per heavy atom. The van der Waals surface area contributed by atoms with Gasteiger partial charge < -0.3 is 4.74 Å². The minimum Gasteiger partial charge on any atom is -0.494 e. The zero-order valence-electron chi connectivity index (χ0n) is 9.52. The van der Waals surface area contributed by atoms with E-state index in [1.165, 1.54) is 11.1 Å². The first-order valence-electron chi connectivity index (χ1n) is 5.68. The van der Waals surface area contributed by atoms with Crippen molar-refractivity contribution >= 4 is 0 Å². The maximum atomic E-state index is 5.62. The molecule has 0 N–H and O–H groups in total. The summed E-state index contributed by atoms with van der Waals surface area (Å²) in [6.45, 7) is 2.89. The predicted molar refractivity (Wildman–Crippen MR) is 67.7 cm³/mol. The number of rotatable bonds is 4. The van der Waals surface area contributed by atoms with Crippen LogP contribution in [-0.4, -0.2) is 6.61 Å². The van der Waals surface area contributed by atoms with Gasteiger partial charge >= 0.3 is 0 Å². The van der Waals surface area contributed by atoms with E-state index in [4.69, 9.17) is 4.74 Å². The first-order chi connectivity index (χ1) is 7.90.